The number of hydrogen-bond donors (Lipinski definition) is 4. The highest BCUT2D eigenvalue weighted by atomic mass is 16.3. The van der Waals surface area contributed by atoms with Gasteiger partial charge in [0.25, 0.3) is 0 Å². The first kappa shape index (κ1) is 25.2. The molecule has 5 aliphatic rings. The maximum absolute atomic E-state index is 11.7. The Kier molecular flexibility index (Phi) is 5.44. The molecular weight excluding hydrogens is 424 g/mol. The molecule has 4 heteroatoms. The molecule has 0 saturated heterocycles. The van der Waals surface area contributed by atoms with Crippen molar-refractivity contribution >= 4 is 0 Å². The molecule has 5 aliphatic carbocycles. The summed E-state index contributed by atoms with van der Waals surface area (Å²) in [6.07, 6.45) is 8.65. The van der Waals surface area contributed by atoms with Crippen LogP contribution in [0.1, 0.15) is 99.8 Å². The lowest BCUT2D eigenvalue weighted by Crippen LogP contribution is -2.67. The van der Waals surface area contributed by atoms with Gasteiger partial charge in [-0.15, -0.1) is 0 Å². The van der Waals surface area contributed by atoms with Crippen LogP contribution in [0.15, 0.2) is 11.6 Å². The van der Waals surface area contributed by atoms with Crippen molar-refractivity contribution in [1.82, 2.24) is 0 Å². The van der Waals surface area contributed by atoms with E-state index in [4.69, 9.17) is 0 Å². The first-order chi connectivity index (χ1) is 15.6. The highest BCUT2D eigenvalue weighted by Gasteiger charge is 2.70. The van der Waals surface area contributed by atoms with Crippen LogP contribution in [-0.2, 0) is 0 Å². The van der Waals surface area contributed by atoms with Gasteiger partial charge in [-0.1, -0.05) is 60.1 Å². The summed E-state index contributed by atoms with van der Waals surface area (Å²) in [6.45, 7) is 16.2. The van der Waals surface area contributed by atoms with Crippen LogP contribution in [-0.4, -0.2) is 45.3 Å². The third kappa shape index (κ3) is 2.86. The van der Waals surface area contributed by atoms with Crippen LogP contribution in [0, 0.1) is 50.2 Å². The van der Waals surface area contributed by atoms with E-state index in [1.807, 2.05) is 0 Å². The molecule has 0 aromatic rings. The molecule has 5 rings (SSSR count). The number of hydrogen-bond acceptors (Lipinski definition) is 4. The number of aliphatic hydroxyl groups excluding tert-OH is 4. The lowest BCUT2D eigenvalue weighted by Gasteiger charge is -2.72. The summed E-state index contributed by atoms with van der Waals surface area (Å²) < 4.78 is 0. The van der Waals surface area contributed by atoms with E-state index in [0.29, 0.717) is 24.2 Å². The van der Waals surface area contributed by atoms with Gasteiger partial charge in [0.05, 0.1) is 24.9 Å². The van der Waals surface area contributed by atoms with E-state index in [1.54, 1.807) is 5.57 Å². The summed E-state index contributed by atoms with van der Waals surface area (Å²) >= 11 is 0. The van der Waals surface area contributed by atoms with Gasteiger partial charge in [0.1, 0.15) is 0 Å². The van der Waals surface area contributed by atoms with Crippen molar-refractivity contribution in [2.45, 2.75) is 118 Å². The second-order valence-corrected chi connectivity index (χ2v) is 15.2. The number of aliphatic hydroxyl groups is 4. The molecule has 4 saturated carbocycles. The van der Waals surface area contributed by atoms with Crippen LogP contribution in [0.5, 0.6) is 0 Å². The molecule has 0 aromatic carbocycles. The van der Waals surface area contributed by atoms with Gasteiger partial charge in [0.15, 0.2) is 0 Å². The fourth-order valence-electron chi connectivity index (χ4n) is 10.6. The average Bonchev–Trinajstić information content (AvgIpc) is 2.74. The van der Waals surface area contributed by atoms with Gasteiger partial charge >= 0.3 is 0 Å². The van der Waals surface area contributed by atoms with Gasteiger partial charge in [-0.05, 0) is 90.8 Å². The quantitative estimate of drug-likeness (QED) is 0.399. The zero-order chi connectivity index (χ0) is 25.1. The molecule has 0 heterocycles. The van der Waals surface area contributed by atoms with E-state index < -0.39 is 17.6 Å². The molecule has 11 unspecified atom stereocenters. The highest BCUT2D eigenvalue weighted by Crippen LogP contribution is 2.75. The molecular formula is C30H50O4. The number of rotatable bonds is 1. The van der Waals surface area contributed by atoms with Gasteiger partial charge in [0, 0.05) is 10.8 Å². The Balaban J connectivity index is 1.60. The third-order valence-electron chi connectivity index (χ3n) is 13.4. The lowest BCUT2D eigenvalue weighted by atomic mass is 9.33. The van der Waals surface area contributed by atoms with Crippen molar-refractivity contribution in [3.05, 3.63) is 11.6 Å². The Morgan fingerprint density at radius 2 is 1.44 bits per heavy atom. The normalized spacial score (nSPS) is 58.6. The topological polar surface area (TPSA) is 80.9 Å². The smallest absolute Gasteiger partial charge is 0.0618 e. The van der Waals surface area contributed by atoms with Gasteiger partial charge in [0.2, 0.25) is 0 Å². The molecule has 4 fully saturated rings. The van der Waals surface area contributed by atoms with Gasteiger partial charge in [-0.3, -0.25) is 0 Å². The SMILES string of the molecule is CC1(C)CC2C3=CCC4C5(C)CCC(O)C(C)(CO)C5CCC4(C)C3(C)CC(O)C2(C)CC1O. The van der Waals surface area contributed by atoms with Gasteiger partial charge < -0.3 is 20.4 Å². The van der Waals surface area contributed by atoms with Crippen LogP contribution in [0.4, 0.5) is 0 Å². The summed E-state index contributed by atoms with van der Waals surface area (Å²) in [5.74, 6) is 1.09. The molecule has 4 N–H and O–H groups in total. The van der Waals surface area contributed by atoms with Crippen LogP contribution in [0.2, 0.25) is 0 Å². The van der Waals surface area contributed by atoms with E-state index in [0.717, 1.165) is 44.9 Å². The van der Waals surface area contributed by atoms with Crippen LogP contribution in [0.25, 0.3) is 0 Å². The lowest BCUT2D eigenvalue weighted by molar-refractivity contribution is -0.227. The third-order valence-corrected chi connectivity index (χ3v) is 13.4. The molecule has 0 amide bonds. The van der Waals surface area contributed by atoms with Gasteiger partial charge in [-0.2, -0.15) is 0 Å². The summed E-state index contributed by atoms with van der Waals surface area (Å²) in [7, 11) is 0. The largest absolute Gasteiger partial charge is 0.396 e. The molecule has 0 radical (unpaired) electrons. The Hall–Kier alpha value is -0.420. The predicted molar refractivity (Wildman–Crippen MR) is 135 cm³/mol. The maximum Gasteiger partial charge on any atom is 0.0618 e. The van der Waals surface area contributed by atoms with Gasteiger partial charge in [-0.25, -0.2) is 0 Å². The average molecular weight is 475 g/mol. The fourth-order valence-corrected chi connectivity index (χ4v) is 10.6. The molecule has 11 atom stereocenters. The van der Waals surface area contributed by atoms with E-state index >= 15 is 0 Å². The van der Waals surface area contributed by atoms with Crippen molar-refractivity contribution < 1.29 is 20.4 Å². The Labute approximate surface area is 207 Å². The minimum atomic E-state index is -0.437. The molecule has 0 spiro atoms. The van der Waals surface area contributed by atoms with Crippen molar-refractivity contribution in [3.63, 3.8) is 0 Å². The zero-order valence-electron chi connectivity index (χ0n) is 22.7. The Bertz CT molecular complexity index is 881. The molecule has 194 valence electrons. The van der Waals surface area contributed by atoms with E-state index in [9.17, 15) is 20.4 Å². The second kappa shape index (κ2) is 7.33. The van der Waals surface area contributed by atoms with E-state index in [-0.39, 0.29) is 39.8 Å². The Morgan fingerprint density at radius 1 is 0.765 bits per heavy atom. The minimum Gasteiger partial charge on any atom is -0.396 e. The molecule has 34 heavy (non-hydrogen) atoms. The van der Waals surface area contributed by atoms with Crippen LogP contribution < -0.4 is 0 Å². The second-order valence-electron chi connectivity index (χ2n) is 15.2. The zero-order valence-corrected chi connectivity index (χ0v) is 22.7. The number of fused-ring (bicyclic) bond motifs is 7. The first-order valence-electron chi connectivity index (χ1n) is 14.0. The predicted octanol–water partition coefficient (Wildman–Crippen LogP) is 5.08. The summed E-state index contributed by atoms with van der Waals surface area (Å²) in [5, 5.41) is 44.0. The van der Waals surface area contributed by atoms with Crippen molar-refractivity contribution in [2.24, 2.45) is 50.2 Å². The fraction of sp³-hybridized carbons (Fsp3) is 0.933. The molecule has 0 aliphatic heterocycles. The van der Waals surface area contributed by atoms with Crippen molar-refractivity contribution in [2.75, 3.05) is 6.61 Å². The minimum absolute atomic E-state index is 0.0484. The van der Waals surface area contributed by atoms with Crippen LogP contribution >= 0.6 is 0 Å². The highest BCUT2D eigenvalue weighted by molar-refractivity contribution is 5.35. The molecule has 4 nitrogen and oxygen atoms in total. The first-order valence-corrected chi connectivity index (χ1v) is 14.0. The Morgan fingerprint density at radius 3 is 2.09 bits per heavy atom. The van der Waals surface area contributed by atoms with Crippen molar-refractivity contribution in [3.8, 4) is 0 Å². The van der Waals surface area contributed by atoms with Crippen molar-refractivity contribution in [1.29, 1.82) is 0 Å². The monoisotopic (exact) mass is 474 g/mol. The van der Waals surface area contributed by atoms with E-state index in [2.05, 4.69) is 54.5 Å². The molecule has 0 bridgehead atoms. The van der Waals surface area contributed by atoms with E-state index in [1.165, 1.54) is 0 Å². The number of allylic oxidation sites excluding steroid dienone is 2. The summed E-state index contributed by atoms with van der Waals surface area (Å²) in [5.41, 5.74) is 0.778. The summed E-state index contributed by atoms with van der Waals surface area (Å²) in [4.78, 5) is 0. The molecule has 0 aromatic heterocycles. The van der Waals surface area contributed by atoms with Crippen LogP contribution in [0.3, 0.4) is 0 Å². The maximum atomic E-state index is 11.7. The summed E-state index contributed by atoms with van der Waals surface area (Å²) in [6, 6.07) is 0. The standard InChI is InChI=1S/C30H50O4/c1-25(2)14-19-18-8-9-21-26(3)12-11-22(32)28(5,17-31)20(26)10-13-29(21,6)30(18,7)16-24(34)27(19,4)15-23(25)33/h8,19-24,31-34H,9-17H2,1-7H3.